The molecule has 5 heteroatoms. The van der Waals surface area contributed by atoms with Crippen molar-refractivity contribution < 1.29 is 18.9 Å². The van der Waals surface area contributed by atoms with Crippen molar-refractivity contribution in [2.75, 3.05) is 33.4 Å². The van der Waals surface area contributed by atoms with Gasteiger partial charge < -0.3 is 18.9 Å². The summed E-state index contributed by atoms with van der Waals surface area (Å²) in [6.07, 6.45) is 8.61. The van der Waals surface area contributed by atoms with Gasteiger partial charge in [-0.2, -0.15) is 0 Å². The highest BCUT2D eigenvalue weighted by Gasteiger charge is 2.80. The molecule has 2 aliphatic heterocycles. The zero-order valence-electron chi connectivity index (χ0n) is 22.9. The van der Waals surface area contributed by atoms with Crippen molar-refractivity contribution in [2.24, 2.45) is 17.3 Å². The molecule has 1 saturated heterocycles. The Balaban J connectivity index is 1.23. The molecule has 6 atom stereocenters. The largest absolute Gasteiger partial charge is 0.493 e. The van der Waals surface area contributed by atoms with Crippen molar-refractivity contribution in [3.05, 3.63) is 59.2 Å². The van der Waals surface area contributed by atoms with E-state index in [-0.39, 0.29) is 22.5 Å². The molecule has 0 amide bonds. The van der Waals surface area contributed by atoms with E-state index in [1.54, 1.807) is 7.11 Å². The van der Waals surface area contributed by atoms with E-state index in [2.05, 4.69) is 54.3 Å². The summed E-state index contributed by atoms with van der Waals surface area (Å²) < 4.78 is 26.5. The second-order valence-corrected chi connectivity index (χ2v) is 13.0. The number of methoxy groups -OCH3 is 1. The molecule has 2 aromatic carbocycles. The third-order valence-electron chi connectivity index (χ3n) is 11.5. The Bertz CT molecular complexity index is 1230. The minimum absolute atomic E-state index is 0.0124. The maximum Gasteiger partial charge on any atom is 0.165 e. The van der Waals surface area contributed by atoms with Gasteiger partial charge in [0.25, 0.3) is 0 Å². The zero-order chi connectivity index (χ0) is 25.5. The molecule has 4 bridgehead atoms. The fourth-order valence-corrected chi connectivity index (χ4v) is 9.95. The Hall–Kier alpha value is -2.08. The van der Waals surface area contributed by atoms with Gasteiger partial charge in [0.2, 0.25) is 0 Å². The number of benzene rings is 2. The van der Waals surface area contributed by atoms with E-state index < -0.39 is 0 Å². The van der Waals surface area contributed by atoms with Gasteiger partial charge in [-0.3, -0.25) is 4.90 Å². The lowest BCUT2D eigenvalue weighted by Crippen LogP contribution is -2.81. The molecule has 5 aliphatic carbocycles. The molecule has 0 aromatic heterocycles. The van der Waals surface area contributed by atoms with Crippen LogP contribution in [0.1, 0.15) is 62.1 Å². The fourth-order valence-electron chi connectivity index (χ4n) is 9.95. The van der Waals surface area contributed by atoms with Gasteiger partial charge in [-0.25, -0.2) is 0 Å². The molecule has 9 rings (SSSR count). The molecule has 5 nitrogen and oxygen atoms in total. The first-order chi connectivity index (χ1) is 18.6. The fraction of sp³-hybridized carbons (Fsp3) is 0.636. The van der Waals surface area contributed by atoms with Crippen molar-refractivity contribution in [2.45, 2.75) is 81.6 Å². The van der Waals surface area contributed by atoms with Crippen LogP contribution in [0.15, 0.2) is 42.5 Å². The molecule has 2 aromatic rings. The molecule has 2 spiro atoms. The summed E-state index contributed by atoms with van der Waals surface area (Å²) in [6.45, 7) is 6.69. The summed E-state index contributed by atoms with van der Waals surface area (Å²) >= 11 is 0. The van der Waals surface area contributed by atoms with Gasteiger partial charge in [0.1, 0.15) is 11.7 Å². The Morgan fingerprint density at radius 1 is 1.05 bits per heavy atom. The first-order valence-corrected chi connectivity index (χ1v) is 15.0. The lowest BCUT2D eigenvalue weighted by Gasteiger charge is -2.74. The lowest BCUT2D eigenvalue weighted by atomic mass is 9.35. The van der Waals surface area contributed by atoms with E-state index in [1.807, 2.05) is 0 Å². The highest BCUT2D eigenvalue weighted by molar-refractivity contribution is 5.63. The van der Waals surface area contributed by atoms with E-state index >= 15 is 0 Å². The van der Waals surface area contributed by atoms with Crippen LogP contribution in [-0.4, -0.2) is 56.1 Å². The number of rotatable bonds is 9. The number of piperidine rings is 1. The van der Waals surface area contributed by atoms with Crippen molar-refractivity contribution in [3.63, 3.8) is 0 Å². The molecule has 2 unspecified atom stereocenters. The van der Waals surface area contributed by atoms with Crippen LogP contribution in [0.25, 0.3) is 0 Å². The second kappa shape index (κ2) is 8.46. The zero-order valence-corrected chi connectivity index (χ0v) is 22.9. The molecular weight excluding hydrogens is 474 g/mol. The summed E-state index contributed by atoms with van der Waals surface area (Å²) in [5.41, 5.74) is 4.10. The van der Waals surface area contributed by atoms with Gasteiger partial charge >= 0.3 is 0 Å². The quantitative estimate of drug-likeness (QED) is 0.439. The van der Waals surface area contributed by atoms with Gasteiger partial charge in [0.15, 0.2) is 11.5 Å². The Morgan fingerprint density at radius 2 is 1.92 bits per heavy atom. The standard InChI is InChI=1S/C33H41NO4/c1-3-37-33-14-13-31(18-25(33)21-36-20-23-7-5-4-6-8-23)27-17-24-11-12-26(35-2)29-28(24)32(31,30(33)38-29)15-16-34(27)19-22-9-10-22/h4-8,11-12,22,25,27,30H,3,9-10,13-21H2,1-2H3/t25-,27?,30-,31-,32?,33-/m1/s1. The normalized spacial score (nSPS) is 38.1. The average molecular weight is 516 g/mol. The maximum absolute atomic E-state index is 7.18. The Morgan fingerprint density at radius 3 is 2.71 bits per heavy atom. The first-order valence-electron chi connectivity index (χ1n) is 15.0. The van der Waals surface area contributed by atoms with Gasteiger partial charge in [0.05, 0.1) is 20.3 Å². The predicted octanol–water partition coefficient (Wildman–Crippen LogP) is 5.53. The summed E-state index contributed by atoms with van der Waals surface area (Å²) in [7, 11) is 1.79. The molecule has 38 heavy (non-hydrogen) atoms. The number of likely N-dealkylation sites (tertiary alicyclic amines) is 1. The average Bonchev–Trinajstić information content (AvgIpc) is 3.68. The molecule has 4 saturated carbocycles. The molecule has 7 aliphatic rings. The third kappa shape index (κ3) is 2.99. The topological polar surface area (TPSA) is 40.2 Å². The van der Waals surface area contributed by atoms with E-state index in [1.165, 1.54) is 61.9 Å². The molecule has 0 radical (unpaired) electrons. The Labute approximate surface area is 226 Å². The lowest BCUT2D eigenvalue weighted by molar-refractivity contribution is -0.289. The van der Waals surface area contributed by atoms with Crippen LogP contribution in [0.3, 0.4) is 0 Å². The molecule has 0 N–H and O–H groups in total. The first kappa shape index (κ1) is 23.8. The van der Waals surface area contributed by atoms with Gasteiger partial charge in [-0.15, -0.1) is 0 Å². The second-order valence-electron chi connectivity index (χ2n) is 13.0. The number of nitrogens with zero attached hydrogens (tertiary/aromatic N) is 1. The van der Waals surface area contributed by atoms with Crippen LogP contribution in [0.4, 0.5) is 0 Å². The SMILES string of the molecule is CCO[C@]12CC[C@@]3(C[C@@H]1COCc1ccccc1)C1Cc4ccc(OC)c5c4C3(CCN1CC1CC1)[C@H]2O5. The van der Waals surface area contributed by atoms with Gasteiger partial charge in [-0.1, -0.05) is 36.4 Å². The van der Waals surface area contributed by atoms with Crippen LogP contribution >= 0.6 is 0 Å². The van der Waals surface area contributed by atoms with Gasteiger partial charge in [0, 0.05) is 41.5 Å². The highest BCUT2D eigenvalue weighted by Crippen LogP contribution is 2.76. The number of fused-ring (bicyclic) bond motifs is 2. The molecule has 5 fully saturated rings. The third-order valence-corrected chi connectivity index (χ3v) is 11.5. The molecular formula is C33H41NO4. The van der Waals surface area contributed by atoms with Gasteiger partial charge in [-0.05, 0) is 81.5 Å². The van der Waals surface area contributed by atoms with Crippen LogP contribution < -0.4 is 9.47 Å². The minimum atomic E-state index is -0.324. The monoisotopic (exact) mass is 515 g/mol. The highest BCUT2D eigenvalue weighted by atomic mass is 16.6. The molecule has 202 valence electrons. The summed E-state index contributed by atoms with van der Waals surface area (Å²) in [4.78, 5) is 2.91. The van der Waals surface area contributed by atoms with Crippen LogP contribution in [0, 0.1) is 17.3 Å². The maximum atomic E-state index is 7.18. The summed E-state index contributed by atoms with van der Waals surface area (Å²) in [6, 6.07) is 15.6. The van der Waals surface area contributed by atoms with E-state index in [4.69, 9.17) is 18.9 Å². The number of hydrogen-bond donors (Lipinski definition) is 0. The predicted molar refractivity (Wildman–Crippen MR) is 146 cm³/mol. The Kier molecular flexibility index (Phi) is 5.29. The van der Waals surface area contributed by atoms with E-state index in [0.717, 1.165) is 36.9 Å². The van der Waals surface area contributed by atoms with Crippen LogP contribution in [-0.2, 0) is 27.9 Å². The minimum Gasteiger partial charge on any atom is -0.493 e. The summed E-state index contributed by atoms with van der Waals surface area (Å²) in [5, 5.41) is 0. The molecule has 2 heterocycles. The van der Waals surface area contributed by atoms with Crippen molar-refractivity contribution in [1.29, 1.82) is 0 Å². The van der Waals surface area contributed by atoms with Crippen molar-refractivity contribution in [1.82, 2.24) is 4.90 Å². The van der Waals surface area contributed by atoms with Crippen molar-refractivity contribution in [3.8, 4) is 11.5 Å². The van der Waals surface area contributed by atoms with Crippen molar-refractivity contribution >= 4 is 0 Å². The van der Waals surface area contributed by atoms with Crippen LogP contribution in [0.5, 0.6) is 11.5 Å². The van der Waals surface area contributed by atoms with E-state index in [0.29, 0.717) is 25.2 Å². The smallest absolute Gasteiger partial charge is 0.165 e. The van der Waals surface area contributed by atoms with E-state index in [9.17, 15) is 0 Å². The van der Waals surface area contributed by atoms with Crippen LogP contribution in [0.2, 0.25) is 0 Å². The number of ether oxygens (including phenoxy) is 4. The number of hydrogen-bond acceptors (Lipinski definition) is 5. The summed E-state index contributed by atoms with van der Waals surface area (Å²) in [5.74, 6) is 3.14.